The van der Waals surface area contributed by atoms with Crippen LogP contribution in [0.25, 0.3) is 0 Å². The third kappa shape index (κ3) is 6.75. The molecule has 1 N–H and O–H groups in total. The predicted molar refractivity (Wildman–Crippen MR) is 123 cm³/mol. The molecule has 0 radical (unpaired) electrons. The van der Waals surface area contributed by atoms with Crippen molar-refractivity contribution in [1.29, 1.82) is 0 Å². The monoisotopic (exact) mass is 455 g/mol. The molecule has 0 saturated carbocycles. The highest BCUT2D eigenvalue weighted by Gasteiger charge is 2.26. The van der Waals surface area contributed by atoms with Crippen LogP contribution >= 0.6 is 11.6 Å². The number of hydrogen-bond acceptors (Lipinski definition) is 4. The second-order valence-electron chi connectivity index (χ2n) is 6.74. The Morgan fingerprint density at radius 3 is 2.32 bits per heavy atom. The van der Waals surface area contributed by atoms with Crippen LogP contribution < -0.4 is 5.43 Å². The van der Waals surface area contributed by atoms with Gasteiger partial charge in [-0.25, -0.2) is 13.8 Å². The molecule has 0 aliphatic rings. The summed E-state index contributed by atoms with van der Waals surface area (Å²) in [6.07, 6.45) is 1.93. The predicted octanol–water partition coefficient (Wildman–Crippen LogP) is 3.72. The average Bonchev–Trinajstić information content (AvgIpc) is 2.78. The fourth-order valence-corrected chi connectivity index (χ4v) is 4.50. The van der Waals surface area contributed by atoms with Gasteiger partial charge in [0.1, 0.15) is 0 Å². The summed E-state index contributed by atoms with van der Waals surface area (Å²) in [4.78, 5) is 12.6. The van der Waals surface area contributed by atoms with Crippen LogP contribution in [0.3, 0.4) is 0 Å². The molecule has 3 aromatic carbocycles. The summed E-state index contributed by atoms with van der Waals surface area (Å²) in [5.41, 5.74) is 4.08. The Morgan fingerprint density at radius 2 is 1.65 bits per heavy atom. The fourth-order valence-electron chi connectivity index (χ4n) is 2.89. The standard InChI is InChI=1S/C23H22ClN3O3S/c24-21-11-7-10-20(16-21)17-25-26-23(28)18-27(15-14-19-8-3-1-4-9-19)31(29,30)22-12-5-2-6-13-22/h1-13,16-17H,14-15,18H2,(H,26,28)/b25-17-. The highest BCUT2D eigenvalue weighted by Crippen LogP contribution is 2.16. The van der Waals surface area contributed by atoms with Gasteiger partial charge in [-0.2, -0.15) is 9.41 Å². The van der Waals surface area contributed by atoms with Crippen molar-refractivity contribution in [3.63, 3.8) is 0 Å². The first-order valence-electron chi connectivity index (χ1n) is 9.62. The van der Waals surface area contributed by atoms with E-state index in [-0.39, 0.29) is 18.0 Å². The second-order valence-corrected chi connectivity index (χ2v) is 9.11. The van der Waals surface area contributed by atoms with E-state index >= 15 is 0 Å². The third-order valence-corrected chi connectivity index (χ3v) is 6.54. The number of sulfonamides is 1. The molecule has 0 saturated heterocycles. The third-order valence-electron chi connectivity index (χ3n) is 4.45. The van der Waals surface area contributed by atoms with Crippen LogP contribution in [0.4, 0.5) is 0 Å². The van der Waals surface area contributed by atoms with Gasteiger partial charge in [0, 0.05) is 11.6 Å². The summed E-state index contributed by atoms with van der Waals surface area (Å²) in [6.45, 7) is -0.191. The molecular formula is C23H22ClN3O3S. The van der Waals surface area contributed by atoms with Crippen molar-refractivity contribution in [2.45, 2.75) is 11.3 Å². The summed E-state index contributed by atoms with van der Waals surface area (Å²) in [6, 6.07) is 24.6. The zero-order valence-electron chi connectivity index (χ0n) is 16.7. The summed E-state index contributed by atoms with van der Waals surface area (Å²) in [5, 5.41) is 4.46. The lowest BCUT2D eigenvalue weighted by molar-refractivity contribution is -0.121. The number of hydrogen-bond donors (Lipinski definition) is 1. The minimum atomic E-state index is -3.85. The van der Waals surface area contributed by atoms with E-state index in [0.717, 1.165) is 5.56 Å². The van der Waals surface area contributed by atoms with Crippen LogP contribution in [-0.2, 0) is 21.2 Å². The Kier molecular flexibility index (Phi) is 7.94. The molecule has 8 heteroatoms. The van der Waals surface area contributed by atoms with E-state index in [1.165, 1.54) is 22.7 Å². The molecule has 0 spiro atoms. The quantitative estimate of drug-likeness (QED) is 0.394. The highest BCUT2D eigenvalue weighted by molar-refractivity contribution is 7.89. The molecule has 0 heterocycles. The smallest absolute Gasteiger partial charge is 0.255 e. The van der Waals surface area contributed by atoms with Gasteiger partial charge in [0.2, 0.25) is 10.0 Å². The maximum Gasteiger partial charge on any atom is 0.255 e. The first-order chi connectivity index (χ1) is 14.9. The molecule has 0 aliphatic heterocycles. The zero-order chi connectivity index (χ0) is 22.1. The molecule has 160 valence electrons. The summed E-state index contributed by atoms with van der Waals surface area (Å²) >= 11 is 5.93. The van der Waals surface area contributed by atoms with Gasteiger partial charge in [0.15, 0.2) is 0 Å². The maximum atomic E-state index is 13.1. The van der Waals surface area contributed by atoms with Crippen molar-refractivity contribution in [3.8, 4) is 0 Å². The Morgan fingerprint density at radius 1 is 0.968 bits per heavy atom. The number of carbonyl (C=O) groups is 1. The van der Waals surface area contributed by atoms with Crippen LogP contribution in [0.2, 0.25) is 5.02 Å². The van der Waals surface area contributed by atoms with Crippen molar-refractivity contribution in [1.82, 2.24) is 9.73 Å². The molecule has 0 atom stereocenters. The molecule has 3 rings (SSSR count). The topological polar surface area (TPSA) is 78.8 Å². The SMILES string of the molecule is O=C(CN(CCc1ccccc1)S(=O)(=O)c1ccccc1)N/N=C\c1cccc(Cl)c1. The summed E-state index contributed by atoms with van der Waals surface area (Å²) in [5.74, 6) is -0.536. The molecule has 0 bridgehead atoms. The molecule has 31 heavy (non-hydrogen) atoms. The maximum absolute atomic E-state index is 13.1. The average molecular weight is 456 g/mol. The number of carbonyl (C=O) groups excluding carboxylic acids is 1. The minimum absolute atomic E-state index is 0.137. The van der Waals surface area contributed by atoms with Gasteiger partial charge in [-0.05, 0) is 41.8 Å². The van der Waals surface area contributed by atoms with E-state index in [4.69, 9.17) is 11.6 Å². The molecule has 0 unspecified atom stereocenters. The van der Waals surface area contributed by atoms with Gasteiger partial charge in [-0.15, -0.1) is 0 Å². The van der Waals surface area contributed by atoms with E-state index in [0.29, 0.717) is 17.0 Å². The lowest BCUT2D eigenvalue weighted by Crippen LogP contribution is -2.40. The largest absolute Gasteiger partial charge is 0.272 e. The zero-order valence-corrected chi connectivity index (χ0v) is 18.3. The van der Waals surface area contributed by atoms with E-state index in [9.17, 15) is 13.2 Å². The lowest BCUT2D eigenvalue weighted by atomic mass is 10.1. The van der Waals surface area contributed by atoms with Crippen molar-refractivity contribution in [3.05, 3.63) is 101 Å². The first kappa shape index (κ1) is 22.7. The molecule has 0 aliphatic carbocycles. The molecule has 6 nitrogen and oxygen atoms in total. The van der Waals surface area contributed by atoms with Crippen molar-refractivity contribution in [2.75, 3.05) is 13.1 Å². The number of halogens is 1. The van der Waals surface area contributed by atoms with Gasteiger partial charge < -0.3 is 0 Å². The number of hydrazone groups is 1. The number of nitrogens with zero attached hydrogens (tertiary/aromatic N) is 2. The molecule has 1 amide bonds. The van der Waals surface area contributed by atoms with Gasteiger partial charge >= 0.3 is 0 Å². The van der Waals surface area contributed by atoms with Crippen molar-refractivity contribution < 1.29 is 13.2 Å². The van der Waals surface area contributed by atoms with Gasteiger partial charge in [-0.3, -0.25) is 4.79 Å². The van der Waals surface area contributed by atoms with Crippen molar-refractivity contribution in [2.24, 2.45) is 5.10 Å². The molecule has 0 aromatic heterocycles. The van der Waals surface area contributed by atoms with Crippen molar-refractivity contribution >= 4 is 33.7 Å². The molecule has 3 aromatic rings. The molecule has 0 fully saturated rings. The van der Waals surface area contributed by atoms with Crippen LogP contribution in [0.1, 0.15) is 11.1 Å². The summed E-state index contributed by atoms with van der Waals surface area (Å²) < 4.78 is 27.4. The summed E-state index contributed by atoms with van der Waals surface area (Å²) in [7, 11) is -3.85. The Bertz CT molecular complexity index is 1140. The second kappa shape index (κ2) is 10.9. The number of benzene rings is 3. The normalized spacial score (nSPS) is 11.7. The lowest BCUT2D eigenvalue weighted by Gasteiger charge is -2.21. The first-order valence-corrected chi connectivity index (χ1v) is 11.4. The fraction of sp³-hybridized carbons (Fsp3) is 0.130. The number of amides is 1. The number of nitrogens with one attached hydrogen (secondary N) is 1. The van der Waals surface area contributed by atoms with Crippen LogP contribution in [0.5, 0.6) is 0 Å². The van der Waals surface area contributed by atoms with Crippen LogP contribution in [0, 0.1) is 0 Å². The highest BCUT2D eigenvalue weighted by atomic mass is 35.5. The van der Waals surface area contributed by atoms with E-state index in [2.05, 4.69) is 10.5 Å². The Hall–Kier alpha value is -3.00. The van der Waals surface area contributed by atoms with Gasteiger partial charge in [-0.1, -0.05) is 72.3 Å². The van der Waals surface area contributed by atoms with E-state index < -0.39 is 15.9 Å². The van der Waals surface area contributed by atoms with E-state index in [1.54, 1.807) is 42.5 Å². The van der Waals surface area contributed by atoms with Gasteiger partial charge in [0.25, 0.3) is 5.91 Å². The molecular weight excluding hydrogens is 434 g/mol. The minimum Gasteiger partial charge on any atom is -0.272 e. The Labute approximate surface area is 187 Å². The van der Waals surface area contributed by atoms with Gasteiger partial charge in [0.05, 0.1) is 17.7 Å². The Balaban J connectivity index is 1.71. The number of rotatable bonds is 9. The van der Waals surface area contributed by atoms with Crippen LogP contribution in [-0.4, -0.2) is 37.9 Å². The van der Waals surface area contributed by atoms with Crippen LogP contribution in [0.15, 0.2) is 94.9 Å². The van der Waals surface area contributed by atoms with E-state index in [1.807, 2.05) is 30.3 Å².